The molecular weight excluding hydrogens is 448 g/mol. The molecule has 0 saturated carbocycles. The van der Waals surface area contributed by atoms with E-state index in [4.69, 9.17) is 9.47 Å². The van der Waals surface area contributed by atoms with Crippen molar-refractivity contribution in [2.24, 2.45) is 0 Å². The summed E-state index contributed by atoms with van der Waals surface area (Å²) in [7, 11) is 0. The maximum Gasteiger partial charge on any atom is 0.300 e. The van der Waals surface area contributed by atoms with Crippen molar-refractivity contribution in [2.45, 2.75) is 6.04 Å². The summed E-state index contributed by atoms with van der Waals surface area (Å²) in [6.45, 7) is 0.664. The number of ether oxygens (including phenoxy) is 2. The minimum atomic E-state index is -1.29. The van der Waals surface area contributed by atoms with Crippen molar-refractivity contribution in [1.82, 2.24) is 0 Å². The van der Waals surface area contributed by atoms with Crippen LogP contribution in [0.2, 0.25) is 0 Å². The number of anilines is 1. The van der Waals surface area contributed by atoms with Crippen molar-refractivity contribution in [3.05, 3.63) is 89.0 Å². The Morgan fingerprint density at radius 1 is 0.912 bits per heavy atom. The molecule has 1 fully saturated rings. The number of hydrogen-bond acceptors (Lipinski definition) is 6. The quantitative estimate of drug-likeness (QED) is 0.344. The molecule has 9 heteroatoms. The Hall–Kier alpha value is -4.40. The minimum absolute atomic E-state index is 0.0792. The average Bonchev–Trinajstić information content (AvgIpc) is 3.10. The van der Waals surface area contributed by atoms with Gasteiger partial charge in [0.05, 0.1) is 17.3 Å². The zero-order valence-corrected chi connectivity index (χ0v) is 17.5. The SMILES string of the molecule is O=C1C(=O)N(c2cc(F)ccc2F)C(c2ccc(O)cc2)/C1=C(/O)c1ccc2c(c1)OCCO2. The summed E-state index contributed by atoms with van der Waals surface area (Å²) in [6.07, 6.45) is 0. The molecule has 2 heterocycles. The van der Waals surface area contributed by atoms with Crippen LogP contribution >= 0.6 is 0 Å². The van der Waals surface area contributed by atoms with Gasteiger partial charge in [0.25, 0.3) is 11.7 Å². The maximum atomic E-state index is 14.7. The van der Waals surface area contributed by atoms with Crippen LogP contribution in [0.4, 0.5) is 14.5 Å². The number of hydrogen-bond donors (Lipinski definition) is 2. The third-order valence-corrected chi connectivity index (χ3v) is 5.64. The molecular formula is C25H17F2NO6. The molecule has 2 N–H and O–H groups in total. The summed E-state index contributed by atoms with van der Waals surface area (Å²) in [4.78, 5) is 27.0. The lowest BCUT2D eigenvalue weighted by atomic mass is 9.95. The maximum absolute atomic E-state index is 14.7. The van der Waals surface area contributed by atoms with E-state index in [1.54, 1.807) is 6.07 Å². The molecule has 0 bridgehead atoms. The largest absolute Gasteiger partial charge is 0.508 e. The van der Waals surface area contributed by atoms with Crippen LogP contribution < -0.4 is 14.4 Å². The molecule has 0 radical (unpaired) electrons. The van der Waals surface area contributed by atoms with Gasteiger partial charge in [0.1, 0.15) is 36.4 Å². The number of halogens is 2. The fourth-order valence-corrected chi connectivity index (χ4v) is 4.07. The van der Waals surface area contributed by atoms with E-state index < -0.39 is 40.8 Å². The Bertz CT molecular complexity index is 1350. The first-order chi connectivity index (χ1) is 16.3. The number of aromatic hydroxyl groups is 1. The van der Waals surface area contributed by atoms with Crippen molar-refractivity contribution >= 4 is 23.1 Å². The summed E-state index contributed by atoms with van der Waals surface area (Å²) in [5.41, 5.74) is -0.317. The first-order valence-corrected chi connectivity index (χ1v) is 10.3. The molecule has 3 aromatic carbocycles. The van der Waals surface area contributed by atoms with Crippen LogP contribution in [0.3, 0.4) is 0 Å². The monoisotopic (exact) mass is 465 g/mol. The fourth-order valence-electron chi connectivity index (χ4n) is 4.07. The van der Waals surface area contributed by atoms with Gasteiger partial charge >= 0.3 is 0 Å². The van der Waals surface area contributed by atoms with Crippen LogP contribution in [0.1, 0.15) is 17.2 Å². The Balaban J connectivity index is 1.72. The highest BCUT2D eigenvalue weighted by atomic mass is 19.1. The second-order valence-electron chi connectivity index (χ2n) is 7.71. The van der Waals surface area contributed by atoms with E-state index in [1.807, 2.05) is 0 Å². The Morgan fingerprint density at radius 3 is 2.35 bits per heavy atom. The Kier molecular flexibility index (Phi) is 5.16. The third-order valence-electron chi connectivity index (χ3n) is 5.64. The molecule has 1 atom stereocenters. The van der Waals surface area contributed by atoms with Crippen LogP contribution in [0.15, 0.2) is 66.2 Å². The number of Topliss-reactive ketones (excluding diaryl/α,β-unsaturated/α-hetero) is 1. The first-order valence-electron chi connectivity index (χ1n) is 10.3. The number of phenolic OH excluding ortho intramolecular Hbond substituents is 1. The van der Waals surface area contributed by atoms with E-state index in [1.165, 1.54) is 36.4 Å². The van der Waals surface area contributed by atoms with Gasteiger partial charge in [-0.25, -0.2) is 8.78 Å². The number of fused-ring (bicyclic) bond motifs is 1. The molecule has 7 nitrogen and oxygen atoms in total. The molecule has 0 aliphatic carbocycles. The van der Waals surface area contributed by atoms with Gasteiger partial charge in [0.15, 0.2) is 11.5 Å². The highest BCUT2D eigenvalue weighted by Gasteiger charge is 2.48. The minimum Gasteiger partial charge on any atom is -0.508 e. The predicted octanol–water partition coefficient (Wildman–Crippen LogP) is 4.07. The average molecular weight is 465 g/mol. The Labute approximate surface area is 192 Å². The van der Waals surface area contributed by atoms with Crippen LogP contribution in [0.25, 0.3) is 5.76 Å². The molecule has 3 aromatic rings. The zero-order valence-electron chi connectivity index (χ0n) is 17.5. The number of carbonyl (C=O) groups excluding carboxylic acids is 2. The topological polar surface area (TPSA) is 96.3 Å². The van der Waals surface area contributed by atoms with E-state index in [0.29, 0.717) is 30.3 Å². The van der Waals surface area contributed by atoms with Gasteiger partial charge in [-0.2, -0.15) is 0 Å². The lowest BCUT2D eigenvalue weighted by molar-refractivity contribution is -0.132. The summed E-state index contributed by atoms with van der Waals surface area (Å²) in [5.74, 6) is -3.74. The van der Waals surface area contributed by atoms with Gasteiger partial charge in [0, 0.05) is 11.6 Å². The standard InChI is InChI=1S/C25H17F2NO6/c26-15-4-7-17(27)18(12-15)28-22(13-1-5-16(29)6-2-13)21(24(31)25(28)32)23(30)14-3-8-19-20(11-14)34-10-9-33-19/h1-8,11-12,22,29-30H,9-10H2/b23-21-. The van der Waals surface area contributed by atoms with E-state index in [9.17, 15) is 28.6 Å². The van der Waals surface area contributed by atoms with Gasteiger partial charge in [-0.3, -0.25) is 14.5 Å². The highest BCUT2D eigenvalue weighted by molar-refractivity contribution is 6.51. The number of phenols is 1. The number of aliphatic hydroxyl groups is 1. The summed E-state index contributed by atoms with van der Waals surface area (Å²) in [6, 6.07) is 11.3. The Morgan fingerprint density at radius 2 is 1.62 bits per heavy atom. The van der Waals surface area contributed by atoms with Gasteiger partial charge in [-0.1, -0.05) is 12.1 Å². The van der Waals surface area contributed by atoms with Gasteiger partial charge in [0.2, 0.25) is 0 Å². The first kappa shape index (κ1) is 21.4. The van der Waals surface area contributed by atoms with Crippen molar-refractivity contribution in [1.29, 1.82) is 0 Å². The molecule has 0 spiro atoms. The van der Waals surface area contributed by atoms with E-state index >= 15 is 0 Å². The van der Waals surface area contributed by atoms with Crippen LogP contribution in [-0.4, -0.2) is 35.1 Å². The van der Waals surface area contributed by atoms with Crippen LogP contribution in [0.5, 0.6) is 17.2 Å². The van der Waals surface area contributed by atoms with Crippen molar-refractivity contribution in [3.63, 3.8) is 0 Å². The predicted molar refractivity (Wildman–Crippen MR) is 117 cm³/mol. The lowest BCUT2D eigenvalue weighted by Crippen LogP contribution is -2.30. The normalized spacial score (nSPS) is 18.9. The number of carbonyl (C=O) groups is 2. The van der Waals surface area contributed by atoms with Crippen LogP contribution in [-0.2, 0) is 9.59 Å². The molecule has 5 rings (SSSR count). The second-order valence-corrected chi connectivity index (χ2v) is 7.71. The number of ketones is 1. The molecule has 0 aromatic heterocycles. The summed E-state index contributed by atoms with van der Waals surface area (Å²) in [5, 5.41) is 20.8. The van der Waals surface area contributed by atoms with Crippen molar-refractivity contribution < 1.29 is 38.1 Å². The summed E-state index contributed by atoms with van der Waals surface area (Å²) >= 11 is 0. The molecule has 1 unspecified atom stereocenters. The molecule has 1 amide bonds. The van der Waals surface area contributed by atoms with E-state index in [-0.39, 0.29) is 16.9 Å². The molecule has 1 saturated heterocycles. The molecule has 172 valence electrons. The van der Waals surface area contributed by atoms with Crippen molar-refractivity contribution in [3.8, 4) is 17.2 Å². The number of rotatable bonds is 3. The highest BCUT2D eigenvalue weighted by Crippen LogP contribution is 2.44. The van der Waals surface area contributed by atoms with Crippen LogP contribution in [0, 0.1) is 11.6 Å². The smallest absolute Gasteiger partial charge is 0.300 e. The molecule has 2 aliphatic rings. The third kappa shape index (κ3) is 3.51. The lowest BCUT2D eigenvalue weighted by Gasteiger charge is -2.26. The van der Waals surface area contributed by atoms with E-state index in [2.05, 4.69) is 0 Å². The van der Waals surface area contributed by atoms with E-state index in [0.717, 1.165) is 23.1 Å². The molecule has 2 aliphatic heterocycles. The number of amides is 1. The van der Waals surface area contributed by atoms with Gasteiger partial charge < -0.3 is 19.7 Å². The fraction of sp³-hybridized carbons (Fsp3) is 0.120. The van der Waals surface area contributed by atoms with Crippen molar-refractivity contribution in [2.75, 3.05) is 18.1 Å². The molecule has 34 heavy (non-hydrogen) atoms. The summed E-state index contributed by atoms with van der Waals surface area (Å²) < 4.78 is 39.7. The van der Waals surface area contributed by atoms with Gasteiger partial charge in [-0.05, 0) is 48.0 Å². The zero-order chi connectivity index (χ0) is 24.0. The number of benzene rings is 3. The van der Waals surface area contributed by atoms with Gasteiger partial charge in [-0.15, -0.1) is 0 Å². The number of aliphatic hydroxyl groups excluding tert-OH is 1. The number of nitrogens with zero attached hydrogens (tertiary/aromatic N) is 1. The second kappa shape index (κ2) is 8.18.